The summed E-state index contributed by atoms with van der Waals surface area (Å²) in [6, 6.07) is 10.2. The normalized spacial score (nSPS) is 19.3. The molecule has 1 aromatic carbocycles. The highest BCUT2D eigenvalue weighted by Gasteiger charge is 2.55. The van der Waals surface area contributed by atoms with Gasteiger partial charge in [-0.1, -0.05) is 56.9 Å². The number of aromatic nitrogens is 1. The van der Waals surface area contributed by atoms with Crippen molar-refractivity contribution in [1.82, 2.24) is 9.88 Å². The molecule has 0 bridgehead atoms. The van der Waals surface area contributed by atoms with E-state index >= 15 is 0 Å². The maximum Gasteiger partial charge on any atom is 0.124 e. The van der Waals surface area contributed by atoms with Crippen LogP contribution in [0.4, 0.5) is 0 Å². The predicted octanol–water partition coefficient (Wildman–Crippen LogP) is 3.12. The van der Waals surface area contributed by atoms with Crippen molar-refractivity contribution < 1.29 is 10.2 Å². The van der Waals surface area contributed by atoms with Gasteiger partial charge < -0.3 is 15.1 Å². The Labute approximate surface area is 168 Å². The third-order valence-corrected chi connectivity index (χ3v) is 5.69. The van der Waals surface area contributed by atoms with E-state index < -0.39 is 11.7 Å². The van der Waals surface area contributed by atoms with E-state index in [2.05, 4.69) is 61.7 Å². The highest BCUT2D eigenvalue weighted by molar-refractivity contribution is 5.44. The Bertz CT molecular complexity index is 887. The van der Waals surface area contributed by atoms with E-state index in [1.807, 2.05) is 18.2 Å². The van der Waals surface area contributed by atoms with Crippen molar-refractivity contribution in [3.05, 3.63) is 65.0 Å². The Balaban J connectivity index is 2.11. The maximum atomic E-state index is 12.1. The number of aliphatic hydroxyl groups excluding tert-OH is 1. The number of benzene rings is 1. The van der Waals surface area contributed by atoms with Gasteiger partial charge in [-0.05, 0) is 37.1 Å². The summed E-state index contributed by atoms with van der Waals surface area (Å²) in [6.45, 7) is 9.66. The van der Waals surface area contributed by atoms with E-state index in [1.54, 1.807) is 19.3 Å². The number of hydrogen-bond acceptors (Lipinski definition) is 4. The fraction of sp³-hybridized carbons (Fsp3) is 0.458. The minimum absolute atomic E-state index is 0.334. The molecule has 0 saturated carbocycles. The molecule has 0 amide bonds. The van der Waals surface area contributed by atoms with Crippen LogP contribution in [0.5, 0.6) is 0 Å². The van der Waals surface area contributed by atoms with Crippen molar-refractivity contribution in [2.75, 3.05) is 20.1 Å². The van der Waals surface area contributed by atoms with Crippen LogP contribution < -0.4 is 0 Å². The molecule has 28 heavy (non-hydrogen) atoms. The second-order valence-electron chi connectivity index (χ2n) is 8.63. The molecular formula is C24H30N2O2. The third kappa shape index (κ3) is 3.71. The minimum Gasteiger partial charge on any atom is -0.381 e. The zero-order valence-corrected chi connectivity index (χ0v) is 17.4. The molecule has 1 aliphatic heterocycles. The molecule has 148 valence electrons. The van der Waals surface area contributed by atoms with Crippen LogP contribution in [0, 0.1) is 17.3 Å². The number of hydrogen-bond donors (Lipinski definition) is 2. The van der Waals surface area contributed by atoms with E-state index in [-0.39, 0.29) is 5.41 Å². The molecule has 0 radical (unpaired) electrons. The molecule has 2 N–H and O–H groups in total. The monoisotopic (exact) mass is 378 g/mol. The Hall–Kier alpha value is -2.19. The summed E-state index contributed by atoms with van der Waals surface area (Å²) in [4.78, 5) is 6.54. The third-order valence-electron chi connectivity index (χ3n) is 5.69. The van der Waals surface area contributed by atoms with Crippen LogP contribution in [-0.4, -0.2) is 46.3 Å². The van der Waals surface area contributed by atoms with Crippen LogP contribution in [0.15, 0.2) is 42.7 Å². The first-order chi connectivity index (χ1) is 13.2. The van der Waals surface area contributed by atoms with Crippen molar-refractivity contribution in [3.63, 3.8) is 0 Å². The Kier molecular flexibility index (Phi) is 5.63. The molecule has 0 aliphatic carbocycles. The molecule has 1 fully saturated rings. The molecule has 1 saturated heterocycles. The smallest absolute Gasteiger partial charge is 0.124 e. The fourth-order valence-corrected chi connectivity index (χ4v) is 4.24. The summed E-state index contributed by atoms with van der Waals surface area (Å²) < 4.78 is 0. The van der Waals surface area contributed by atoms with E-state index in [4.69, 9.17) is 0 Å². The summed E-state index contributed by atoms with van der Waals surface area (Å²) in [5.41, 5.74) is 2.03. The van der Waals surface area contributed by atoms with Crippen LogP contribution in [0.2, 0.25) is 0 Å². The summed E-state index contributed by atoms with van der Waals surface area (Å²) in [5.74, 6) is 6.13. The highest BCUT2D eigenvalue weighted by atomic mass is 16.3. The molecule has 2 aromatic rings. The first-order valence-electron chi connectivity index (χ1n) is 9.82. The van der Waals surface area contributed by atoms with Crippen LogP contribution in [-0.2, 0) is 5.60 Å². The average Bonchev–Trinajstić information content (AvgIpc) is 2.64. The number of likely N-dealkylation sites (tertiary alicyclic amines) is 1. The van der Waals surface area contributed by atoms with Crippen LogP contribution in [0.25, 0.3) is 0 Å². The average molecular weight is 379 g/mol. The van der Waals surface area contributed by atoms with E-state index in [0.717, 1.165) is 24.2 Å². The van der Waals surface area contributed by atoms with Crippen LogP contribution in [0.3, 0.4) is 0 Å². The van der Waals surface area contributed by atoms with E-state index in [0.29, 0.717) is 11.5 Å². The minimum atomic E-state index is -1.18. The quantitative estimate of drug-likeness (QED) is 0.803. The zero-order valence-electron chi connectivity index (χ0n) is 17.4. The van der Waals surface area contributed by atoms with Crippen molar-refractivity contribution in [3.8, 4) is 11.8 Å². The Morgan fingerprint density at radius 3 is 2.29 bits per heavy atom. The van der Waals surface area contributed by atoms with Crippen LogP contribution >= 0.6 is 0 Å². The molecule has 2 heterocycles. The van der Waals surface area contributed by atoms with Gasteiger partial charge in [-0.3, -0.25) is 4.98 Å². The predicted molar refractivity (Wildman–Crippen MR) is 112 cm³/mol. The van der Waals surface area contributed by atoms with Gasteiger partial charge in [0.1, 0.15) is 11.7 Å². The SMILES string of the molecule is CC(O)C#Cc1cncc(C(O)(c2ccc(C(C)C)cc2)C2(C)CN(C)C2)c1. The molecule has 2 atom stereocenters. The van der Waals surface area contributed by atoms with Gasteiger partial charge in [-0.15, -0.1) is 0 Å². The van der Waals surface area contributed by atoms with Gasteiger partial charge in [0, 0.05) is 42.0 Å². The van der Waals surface area contributed by atoms with Gasteiger partial charge in [0.05, 0.1) is 0 Å². The lowest BCUT2D eigenvalue weighted by Crippen LogP contribution is -2.63. The Morgan fingerprint density at radius 1 is 1.11 bits per heavy atom. The van der Waals surface area contributed by atoms with Gasteiger partial charge in [0.15, 0.2) is 0 Å². The summed E-state index contributed by atoms with van der Waals surface area (Å²) in [5, 5.41) is 21.6. The van der Waals surface area contributed by atoms with E-state index in [9.17, 15) is 10.2 Å². The summed E-state index contributed by atoms with van der Waals surface area (Å²) in [6.07, 6.45) is 2.69. The second kappa shape index (κ2) is 7.67. The molecule has 2 unspecified atom stereocenters. The lowest BCUT2D eigenvalue weighted by Gasteiger charge is -2.55. The highest BCUT2D eigenvalue weighted by Crippen LogP contribution is 2.50. The summed E-state index contributed by atoms with van der Waals surface area (Å²) in [7, 11) is 2.06. The summed E-state index contributed by atoms with van der Waals surface area (Å²) >= 11 is 0. The van der Waals surface area contributed by atoms with E-state index in [1.165, 1.54) is 5.56 Å². The topological polar surface area (TPSA) is 56.6 Å². The van der Waals surface area contributed by atoms with Crippen molar-refractivity contribution >= 4 is 0 Å². The lowest BCUT2D eigenvalue weighted by molar-refractivity contribution is -0.127. The molecule has 1 aliphatic rings. The zero-order chi connectivity index (χ0) is 20.5. The van der Waals surface area contributed by atoms with Gasteiger partial charge in [0.2, 0.25) is 0 Å². The first kappa shape index (κ1) is 20.5. The fourth-order valence-electron chi connectivity index (χ4n) is 4.24. The van der Waals surface area contributed by atoms with Gasteiger partial charge >= 0.3 is 0 Å². The molecule has 4 nitrogen and oxygen atoms in total. The number of aliphatic hydroxyl groups is 2. The molecule has 4 heteroatoms. The lowest BCUT2D eigenvalue weighted by atomic mass is 9.62. The Morgan fingerprint density at radius 2 is 1.75 bits per heavy atom. The number of nitrogens with zero attached hydrogens (tertiary/aromatic N) is 2. The molecule has 1 aromatic heterocycles. The van der Waals surface area contributed by atoms with Crippen molar-refractivity contribution in [1.29, 1.82) is 0 Å². The van der Waals surface area contributed by atoms with Crippen molar-refractivity contribution in [2.24, 2.45) is 5.41 Å². The van der Waals surface area contributed by atoms with Gasteiger partial charge in [-0.2, -0.15) is 0 Å². The largest absolute Gasteiger partial charge is 0.381 e. The van der Waals surface area contributed by atoms with Gasteiger partial charge in [0.25, 0.3) is 0 Å². The second-order valence-corrected chi connectivity index (χ2v) is 8.63. The first-order valence-corrected chi connectivity index (χ1v) is 9.82. The number of rotatable bonds is 4. The molecule has 3 rings (SSSR count). The van der Waals surface area contributed by atoms with Gasteiger partial charge in [-0.25, -0.2) is 0 Å². The maximum absolute atomic E-state index is 12.1. The molecule has 0 spiro atoms. The molecular weight excluding hydrogens is 348 g/mol. The standard InChI is InChI=1S/C24H30N2O2/c1-17(2)20-8-10-21(11-9-20)24(28,23(4)15-26(5)16-23)22-12-19(13-25-14-22)7-6-18(3)27/h8-14,17-18,27-28H,15-16H2,1-5H3. The van der Waals surface area contributed by atoms with Crippen molar-refractivity contribution in [2.45, 2.75) is 45.3 Å². The number of pyridine rings is 1. The van der Waals surface area contributed by atoms with Crippen LogP contribution in [0.1, 0.15) is 55.9 Å².